The van der Waals surface area contributed by atoms with Crippen molar-refractivity contribution in [3.8, 4) is 0 Å². The fourth-order valence-electron chi connectivity index (χ4n) is 1.93. The van der Waals surface area contributed by atoms with Gasteiger partial charge in [0.2, 0.25) is 8.40 Å². The lowest BCUT2D eigenvalue weighted by Gasteiger charge is -2.38. The van der Waals surface area contributed by atoms with Crippen LogP contribution in [0.2, 0.25) is 12.1 Å². The zero-order valence-electron chi connectivity index (χ0n) is 10.9. The van der Waals surface area contributed by atoms with E-state index in [1.807, 2.05) is 0 Å². The maximum Gasteiger partial charge on any atom is 0.201 e. The molecule has 0 saturated carbocycles. The molecule has 0 amide bonds. The van der Waals surface area contributed by atoms with E-state index < -0.39 is 8.40 Å². The molecule has 0 aromatic rings. The number of hydrogen-bond acceptors (Lipinski definition) is 2. The minimum atomic E-state index is -1.48. The Morgan fingerprint density at radius 2 is 1.29 bits per heavy atom. The first-order valence-electron chi connectivity index (χ1n) is 5.87. The minimum absolute atomic E-state index is 0.576. The second-order valence-electron chi connectivity index (χ2n) is 5.11. The van der Waals surface area contributed by atoms with Gasteiger partial charge in [0.1, 0.15) is 0 Å². The molecule has 0 heterocycles. The molecule has 14 heavy (non-hydrogen) atoms. The van der Waals surface area contributed by atoms with Gasteiger partial charge in [-0.05, 0) is 24.2 Å². The van der Waals surface area contributed by atoms with Crippen LogP contribution in [0.25, 0.3) is 0 Å². The van der Waals surface area contributed by atoms with E-state index >= 15 is 0 Å². The van der Waals surface area contributed by atoms with E-state index in [9.17, 15) is 0 Å². The van der Waals surface area contributed by atoms with Crippen LogP contribution in [-0.2, 0) is 0 Å². The fraction of sp³-hybridized carbons (Fsp3) is 1.00. The maximum absolute atomic E-state index is 3.77. The van der Waals surface area contributed by atoms with Crippen LogP contribution >= 0.6 is 0 Å². The highest BCUT2D eigenvalue weighted by molar-refractivity contribution is 6.75. The van der Waals surface area contributed by atoms with Crippen LogP contribution in [-0.4, -0.2) is 20.5 Å². The Balaban J connectivity index is 4.48. The van der Waals surface area contributed by atoms with E-state index in [1.54, 1.807) is 0 Å². The van der Waals surface area contributed by atoms with Gasteiger partial charge >= 0.3 is 0 Å². The largest absolute Gasteiger partial charge is 0.323 e. The zero-order valence-corrected chi connectivity index (χ0v) is 11.9. The molecular weight excluding hydrogens is 188 g/mol. The molecular formula is C11H28N2Si. The van der Waals surface area contributed by atoms with Gasteiger partial charge in [-0.15, -0.1) is 0 Å². The van der Waals surface area contributed by atoms with Gasteiger partial charge in [0.15, 0.2) is 0 Å². The number of nitrogens with one attached hydrogen (secondary N) is 2. The Labute approximate surface area is 91.0 Å². The lowest BCUT2D eigenvalue weighted by molar-refractivity contribution is 0.625. The normalized spacial score (nSPS) is 15.2. The van der Waals surface area contributed by atoms with Crippen molar-refractivity contribution in [2.45, 2.75) is 72.1 Å². The molecule has 3 heteroatoms. The van der Waals surface area contributed by atoms with Crippen molar-refractivity contribution in [1.82, 2.24) is 9.96 Å². The van der Waals surface area contributed by atoms with Gasteiger partial charge in [0.05, 0.1) is 0 Å². The molecule has 0 radical (unpaired) electrons. The van der Waals surface area contributed by atoms with Crippen molar-refractivity contribution in [1.29, 1.82) is 0 Å². The molecule has 0 spiro atoms. The summed E-state index contributed by atoms with van der Waals surface area (Å²) >= 11 is 0. The summed E-state index contributed by atoms with van der Waals surface area (Å²) in [6, 6.07) is 1.15. The van der Waals surface area contributed by atoms with Gasteiger partial charge in [-0.25, -0.2) is 0 Å². The lowest BCUT2D eigenvalue weighted by Crippen LogP contribution is -2.66. The molecule has 2 nitrogen and oxygen atoms in total. The summed E-state index contributed by atoms with van der Waals surface area (Å²) in [5.74, 6) is 0. The summed E-state index contributed by atoms with van der Waals surface area (Å²) < 4.78 is 0. The molecule has 0 fully saturated rings. The molecule has 2 N–H and O–H groups in total. The molecule has 0 rings (SSSR count). The highest BCUT2D eigenvalue weighted by atomic mass is 28.3. The maximum atomic E-state index is 3.77. The molecule has 86 valence electrons. The van der Waals surface area contributed by atoms with Crippen LogP contribution in [0.3, 0.4) is 0 Å². The topological polar surface area (TPSA) is 24.1 Å². The summed E-state index contributed by atoms with van der Waals surface area (Å²) in [4.78, 5) is 7.53. The zero-order chi connectivity index (χ0) is 11.4. The van der Waals surface area contributed by atoms with Gasteiger partial charge < -0.3 is 9.96 Å². The van der Waals surface area contributed by atoms with Crippen molar-refractivity contribution in [3.05, 3.63) is 0 Å². The molecule has 1 unspecified atom stereocenters. The summed E-state index contributed by atoms with van der Waals surface area (Å²) in [6.07, 6.45) is 1.25. The van der Waals surface area contributed by atoms with E-state index in [0.29, 0.717) is 12.1 Å². The van der Waals surface area contributed by atoms with Crippen LogP contribution in [0.1, 0.15) is 48.0 Å². The van der Waals surface area contributed by atoms with Crippen LogP contribution < -0.4 is 9.96 Å². The molecule has 1 atom stereocenters. The third-order valence-corrected chi connectivity index (χ3v) is 7.51. The average molecular weight is 216 g/mol. The first-order valence-corrected chi connectivity index (χ1v) is 8.45. The quantitative estimate of drug-likeness (QED) is 0.667. The predicted molar refractivity (Wildman–Crippen MR) is 67.9 cm³/mol. The van der Waals surface area contributed by atoms with Crippen LogP contribution in [0.15, 0.2) is 0 Å². The third-order valence-electron chi connectivity index (χ3n) is 2.78. The van der Waals surface area contributed by atoms with Gasteiger partial charge in [-0.2, -0.15) is 0 Å². The van der Waals surface area contributed by atoms with Gasteiger partial charge in [0, 0.05) is 0 Å². The Bertz CT molecular complexity index is 147. The average Bonchev–Trinajstić information content (AvgIpc) is 1.99. The van der Waals surface area contributed by atoms with E-state index in [0.717, 1.165) is 5.54 Å². The van der Waals surface area contributed by atoms with Gasteiger partial charge in [-0.3, -0.25) is 0 Å². The SMILES string of the molecule is CCC(C)[Si](C)(NC(C)C)NC(C)C. The second-order valence-corrected chi connectivity index (χ2v) is 9.08. The fourth-order valence-corrected chi connectivity index (χ4v) is 5.80. The Kier molecular flexibility index (Phi) is 5.94. The van der Waals surface area contributed by atoms with Crippen molar-refractivity contribution >= 4 is 8.40 Å². The first-order chi connectivity index (χ1) is 6.31. The summed E-state index contributed by atoms with van der Waals surface area (Å²) in [7, 11) is -1.48. The molecule has 0 saturated heterocycles. The summed E-state index contributed by atoms with van der Waals surface area (Å²) in [6.45, 7) is 16.0. The highest BCUT2D eigenvalue weighted by Crippen LogP contribution is 2.20. The number of hydrogen-bond donors (Lipinski definition) is 2. The minimum Gasteiger partial charge on any atom is -0.323 e. The number of rotatable bonds is 6. The monoisotopic (exact) mass is 216 g/mol. The third kappa shape index (κ3) is 4.58. The molecule has 0 aromatic heterocycles. The highest BCUT2D eigenvalue weighted by Gasteiger charge is 2.34. The second kappa shape index (κ2) is 5.88. The Hall–Kier alpha value is 0.137. The molecule has 0 aliphatic rings. The van der Waals surface area contributed by atoms with Gasteiger partial charge in [-0.1, -0.05) is 48.0 Å². The van der Waals surface area contributed by atoms with Crippen LogP contribution in [0.5, 0.6) is 0 Å². The Morgan fingerprint density at radius 3 is 1.50 bits per heavy atom. The van der Waals surface area contributed by atoms with E-state index in [-0.39, 0.29) is 0 Å². The molecule has 0 bridgehead atoms. The standard InChI is InChI=1S/C11H28N2Si/c1-8-11(6)14(7,12-9(2)3)13-10(4)5/h9-13H,8H2,1-7H3. The Morgan fingerprint density at radius 1 is 0.929 bits per heavy atom. The van der Waals surface area contributed by atoms with Crippen LogP contribution in [0.4, 0.5) is 0 Å². The van der Waals surface area contributed by atoms with Crippen molar-refractivity contribution in [3.63, 3.8) is 0 Å². The lowest BCUT2D eigenvalue weighted by atomic mass is 10.4. The first kappa shape index (κ1) is 14.1. The summed E-state index contributed by atoms with van der Waals surface area (Å²) in [5.41, 5.74) is 0.771. The van der Waals surface area contributed by atoms with E-state index in [4.69, 9.17) is 0 Å². The van der Waals surface area contributed by atoms with Crippen LogP contribution in [0, 0.1) is 0 Å². The van der Waals surface area contributed by atoms with Crippen molar-refractivity contribution in [2.24, 2.45) is 0 Å². The van der Waals surface area contributed by atoms with Crippen molar-refractivity contribution < 1.29 is 0 Å². The van der Waals surface area contributed by atoms with Gasteiger partial charge in [0.25, 0.3) is 0 Å². The molecule has 0 aromatic carbocycles. The van der Waals surface area contributed by atoms with E-state index in [2.05, 4.69) is 58.1 Å². The van der Waals surface area contributed by atoms with Crippen molar-refractivity contribution in [2.75, 3.05) is 0 Å². The smallest absolute Gasteiger partial charge is 0.201 e. The predicted octanol–water partition coefficient (Wildman–Crippen LogP) is 2.85. The van der Waals surface area contributed by atoms with E-state index in [1.165, 1.54) is 6.42 Å². The molecule has 0 aliphatic heterocycles. The molecule has 0 aliphatic carbocycles. The summed E-state index contributed by atoms with van der Waals surface area (Å²) in [5, 5.41) is 0.